The fourth-order valence-corrected chi connectivity index (χ4v) is 8.81. The number of nitrogens with zero attached hydrogens (tertiary/aromatic N) is 2. The van der Waals surface area contributed by atoms with E-state index in [1.165, 1.54) is 30.9 Å². The second kappa shape index (κ2) is 34.8. The summed E-state index contributed by atoms with van der Waals surface area (Å²) in [6.07, 6.45) is 0.165. The minimum atomic E-state index is -1.83. The third-order valence-electron chi connectivity index (χ3n) is 13.3. The standard InChI is InChI=1S/C54H82N14O15/c1-29(2)24-38(47(76)60-30(3)44(73)63-37(53(82)83)15-10-22-59-54(57)58)66-51(80)42-16-11-23-68(42)52(81)31(4)61-48(77)40(27-43(71)72)65-46(75)36(14-8-9-21-55)62-49(78)39(26-32-12-6-5-7-13-32)64-50(79)41(28-69)67-45(74)35(56)25-33-17-19-34(70)20-18-33/h5-7,12-13,17-20,29-31,35-42,69-70H,8-11,14-16,21-28,55-56H2,1-4H3,(H,60,76)(H,61,77)(H,62,78)(H,63,73)(H,64,79)(H,65,75)(H,66,80)(H,67,74)(H,71,72)(H,82,83)(H4,57,58,59)/t30-,31+,35+,36+,37+,38+,39+,40+,41+,42+/m1/s1. The molecule has 1 aliphatic heterocycles. The summed E-state index contributed by atoms with van der Waals surface area (Å²) < 4.78 is 0. The maximum atomic E-state index is 14.2. The molecule has 0 spiro atoms. The van der Waals surface area contributed by atoms with E-state index in [1.807, 2.05) is 0 Å². The summed E-state index contributed by atoms with van der Waals surface area (Å²) in [7, 11) is 0. The SMILES string of the molecule is CC(C)C[C@H](NC(=O)[C@@H]1CCCN1C(=O)[C@H](C)NC(=O)[C@H](CC(=O)O)NC(=O)[C@H](CCCCN)NC(=O)[C@H](Cc1ccccc1)NC(=O)[C@H](CO)NC(=O)[C@@H](N)Cc1ccc(O)cc1)C(=O)N[C@H](C)C(=O)N[C@@H](CCCN=C(N)N)C(=O)O. The molecule has 1 aliphatic rings. The number of aliphatic carboxylic acids is 2. The smallest absolute Gasteiger partial charge is 0.326 e. The Kier molecular flexibility index (Phi) is 28.8. The highest BCUT2D eigenvalue weighted by Crippen LogP contribution is 2.20. The Balaban J connectivity index is 1.75. The van der Waals surface area contributed by atoms with Crippen LogP contribution in [0.15, 0.2) is 59.6 Å². The number of carboxylic acid groups (broad SMARTS) is 2. The van der Waals surface area contributed by atoms with Crippen LogP contribution < -0.4 is 65.5 Å². The molecule has 2 aromatic carbocycles. The van der Waals surface area contributed by atoms with Crippen LogP contribution >= 0.6 is 0 Å². The largest absolute Gasteiger partial charge is 0.508 e. The van der Waals surface area contributed by atoms with Crippen LogP contribution in [-0.2, 0) is 65.6 Å². The lowest BCUT2D eigenvalue weighted by atomic mass is 10.0. The number of phenols is 1. The van der Waals surface area contributed by atoms with Crippen molar-refractivity contribution in [2.75, 3.05) is 26.2 Å². The van der Waals surface area contributed by atoms with E-state index in [4.69, 9.17) is 22.9 Å². The minimum Gasteiger partial charge on any atom is -0.508 e. The number of nitrogens with one attached hydrogen (secondary N) is 8. The molecule has 29 heteroatoms. The van der Waals surface area contributed by atoms with Crippen LogP contribution in [-0.4, -0.2) is 183 Å². The highest BCUT2D eigenvalue weighted by Gasteiger charge is 2.40. The number of hydrogen-bond acceptors (Lipinski definition) is 16. The van der Waals surface area contributed by atoms with Gasteiger partial charge in [-0.1, -0.05) is 56.3 Å². The Bertz CT molecular complexity index is 2570. The number of aliphatic hydroxyl groups is 1. The Morgan fingerprint density at radius 2 is 1.16 bits per heavy atom. The number of guanidine groups is 1. The lowest BCUT2D eigenvalue weighted by molar-refractivity contribution is -0.143. The van der Waals surface area contributed by atoms with Crippen LogP contribution in [0.1, 0.15) is 96.6 Å². The van der Waals surface area contributed by atoms with E-state index in [-0.39, 0.29) is 88.6 Å². The maximum absolute atomic E-state index is 14.2. The lowest BCUT2D eigenvalue weighted by Gasteiger charge is -2.30. The Morgan fingerprint density at radius 3 is 1.76 bits per heavy atom. The van der Waals surface area contributed by atoms with Crippen molar-refractivity contribution in [1.82, 2.24) is 47.4 Å². The monoisotopic (exact) mass is 1170 g/mol. The Morgan fingerprint density at radius 1 is 0.614 bits per heavy atom. The van der Waals surface area contributed by atoms with E-state index in [0.29, 0.717) is 24.0 Å². The first kappa shape index (κ1) is 68.8. The number of aliphatic hydroxyl groups excluding tert-OH is 1. The van der Waals surface area contributed by atoms with Crippen molar-refractivity contribution in [3.05, 3.63) is 65.7 Å². The van der Waals surface area contributed by atoms with Crippen molar-refractivity contribution in [1.29, 1.82) is 0 Å². The van der Waals surface area contributed by atoms with E-state index in [0.717, 1.165) is 0 Å². The van der Waals surface area contributed by atoms with Crippen LogP contribution in [0, 0.1) is 5.92 Å². The molecule has 0 aliphatic carbocycles. The third kappa shape index (κ3) is 23.9. The summed E-state index contributed by atoms with van der Waals surface area (Å²) in [5.74, 6) is -11.1. The minimum absolute atomic E-state index is 0.00325. The Hall–Kier alpha value is -8.44. The molecule has 1 fully saturated rings. The van der Waals surface area contributed by atoms with Gasteiger partial charge in [0.2, 0.25) is 53.2 Å². The van der Waals surface area contributed by atoms with E-state index >= 15 is 0 Å². The van der Waals surface area contributed by atoms with Gasteiger partial charge in [0.15, 0.2) is 5.96 Å². The second-order valence-electron chi connectivity index (χ2n) is 20.7. The van der Waals surface area contributed by atoms with Gasteiger partial charge in [-0.25, -0.2) is 4.79 Å². The molecule has 0 unspecified atom stereocenters. The van der Waals surface area contributed by atoms with Gasteiger partial charge in [-0.3, -0.25) is 52.9 Å². The zero-order valence-corrected chi connectivity index (χ0v) is 47.1. The van der Waals surface area contributed by atoms with Gasteiger partial charge >= 0.3 is 11.9 Å². The molecule has 3 rings (SSSR count). The molecule has 0 saturated carbocycles. The van der Waals surface area contributed by atoms with Crippen molar-refractivity contribution in [3.8, 4) is 5.75 Å². The number of hydrogen-bond donors (Lipinski definition) is 16. The molecule has 9 amide bonds. The van der Waals surface area contributed by atoms with E-state index in [9.17, 15) is 73.2 Å². The fraction of sp³-hybridized carbons (Fsp3) is 0.556. The molecular formula is C54H82N14O15. The number of amides is 9. The molecule has 10 atom stereocenters. The highest BCUT2D eigenvalue weighted by atomic mass is 16.4. The quantitative estimate of drug-likeness (QED) is 0.0179. The second-order valence-corrected chi connectivity index (χ2v) is 20.7. The molecule has 29 nitrogen and oxygen atoms in total. The number of carbonyl (C=O) groups excluding carboxylic acids is 9. The van der Waals surface area contributed by atoms with Gasteiger partial charge in [-0.05, 0) is 107 Å². The van der Waals surface area contributed by atoms with Crippen molar-refractivity contribution in [2.45, 2.75) is 159 Å². The van der Waals surface area contributed by atoms with Crippen LogP contribution in [0.4, 0.5) is 0 Å². The lowest BCUT2D eigenvalue weighted by Crippen LogP contribution is -2.60. The van der Waals surface area contributed by atoms with Gasteiger partial charge in [0.05, 0.1) is 19.1 Å². The van der Waals surface area contributed by atoms with Crippen molar-refractivity contribution >= 4 is 71.1 Å². The van der Waals surface area contributed by atoms with E-state index in [1.54, 1.807) is 56.3 Å². The van der Waals surface area contributed by atoms with Crippen LogP contribution in [0.3, 0.4) is 0 Å². The van der Waals surface area contributed by atoms with Crippen LogP contribution in [0.5, 0.6) is 5.75 Å². The summed E-state index contributed by atoms with van der Waals surface area (Å²) in [5, 5.41) is 59.1. The normalized spacial score (nSPS) is 16.1. The molecule has 0 radical (unpaired) electrons. The van der Waals surface area contributed by atoms with Crippen LogP contribution in [0.2, 0.25) is 0 Å². The van der Waals surface area contributed by atoms with Gasteiger partial charge in [-0.2, -0.15) is 0 Å². The van der Waals surface area contributed by atoms with E-state index in [2.05, 4.69) is 47.5 Å². The van der Waals surface area contributed by atoms with Crippen LogP contribution in [0.25, 0.3) is 0 Å². The first-order valence-corrected chi connectivity index (χ1v) is 27.4. The van der Waals surface area contributed by atoms with Gasteiger partial charge in [0.25, 0.3) is 0 Å². The Labute approximate surface area is 480 Å². The van der Waals surface area contributed by atoms with Gasteiger partial charge < -0.3 is 90.8 Å². The molecule has 20 N–H and O–H groups in total. The number of aliphatic imine (C=N–C) groups is 1. The number of rotatable bonds is 35. The number of carbonyl (C=O) groups is 11. The number of nitrogens with two attached hydrogens (primary N) is 4. The number of phenolic OH excluding ortho intramolecular Hbond substituents is 1. The molecule has 0 bridgehead atoms. The molecule has 2 aromatic rings. The fourth-order valence-electron chi connectivity index (χ4n) is 8.81. The number of carboxylic acids is 2. The first-order valence-electron chi connectivity index (χ1n) is 27.4. The summed E-state index contributed by atoms with van der Waals surface area (Å²) >= 11 is 0. The molecule has 1 saturated heterocycles. The molecule has 83 heavy (non-hydrogen) atoms. The zero-order valence-electron chi connectivity index (χ0n) is 47.1. The molecule has 0 aromatic heterocycles. The predicted octanol–water partition coefficient (Wildman–Crippen LogP) is -3.81. The number of likely N-dealkylation sites (tertiary alicyclic amines) is 1. The number of benzene rings is 2. The first-order chi connectivity index (χ1) is 39.2. The summed E-state index contributed by atoms with van der Waals surface area (Å²) in [6.45, 7) is 5.61. The molecular weight excluding hydrogens is 1080 g/mol. The van der Waals surface area contributed by atoms with Crippen molar-refractivity contribution in [2.24, 2.45) is 33.8 Å². The van der Waals surface area contributed by atoms with Gasteiger partial charge in [0.1, 0.15) is 60.1 Å². The predicted molar refractivity (Wildman–Crippen MR) is 301 cm³/mol. The van der Waals surface area contributed by atoms with Crippen molar-refractivity contribution in [3.63, 3.8) is 0 Å². The average Bonchev–Trinajstić information content (AvgIpc) is 4.22. The number of aromatic hydroxyl groups is 1. The summed E-state index contributed by atoms with van der Waals surface area (Å²) in [6, 6.07) is 0.432. The topological polar surface area (TPSA) is 485 Å². The summed E-state index contributed by atoms with van der Waals surface area (Å²) in [4.78, 5) is 152. The van der Waals surface area contributed by atoms with Crippen molar-refractivity contribution < 1.29 is 73.2 Å². The third-order valence-corrected chi connectivity index (χ3v) is 13.3. The van der Waals surface area contributed by atoms with Gasteiger partial charge in [0, 0.05) is 19.5 Å². The maximum Gasteiger partial charge on any atom is 0.326 e. The summed E-state index contributed by atoms with van der Waals surface area (Å²) in [5.41, 5.74) is 23.6. The average molecular weight is 1170 g/mol. The molecule has 458 valence electrons. The number of unbranched alkanes of at least 4 members (excludes halogenated alkanes) is 1. The van der Waals surface area contributed by atoms with Gasteiger partial charge in [-0.15, -0.1) is 0 Å². The van der Waals surface area contributed by atoms with E-state index < -0.39 is 139 Å². The highest BCUT2D eigenvalue weighted by molar-refractivity contribution is 5.99. The molecule has 1 heterocycles. The zero-order chi connectivity index (χ0) is 61.9.